The van der Waals surface area contributed by atoms with Crippen LogP contribution >= 0.6 is 0 Å². The molecule has 53 heavy (non-hydrogen) atoms. The van der Waals surface area contributed by atoms with Gasteiger partial charge < -0.3 is 50.1 Å². The Labute approximate surface area is 310 Å². The molecule has 2 aromatic carbocycles. The SMILES string of the molecule is CC(C)(C)[C@H](NC(=O)OCc1cc2ccncc2o1)C(=O)N[C@@H](Cc1ccccc1)[C@H](O)CNC[C@@H](O)[C@H](Cc1ccccc1)N(C(=O)[O-])C(C)(C)C. The van der Waals surface area contributed by atoms with Crippen LogP contribution < -0.4 is 21.1 Å². The molecule has 13 nitrogen and oxygen atoms in total. The summed E-state index contributed by atoms with van der Waals surface area (Å²) >= 11 is 0. The Hall–Kier alpha value is -4.98. The number of carbonyl (C=O) groups is 3. The largest absolute Gasteiger partial charge is 0.530 e. The molecule has 0 aliphatic carbocycles. The summed E-state index contributed by atoms with van der Waals surface area (Å²) in [5.74, 6) is -0.109. The Morgan fingerprint density at radius 2 is 1.47 bits per heavy atom. The van der Waals surface area contributed by atoms with Crippen LogP contribution in [0, 0.1) is 5.41 Å². The van der Waals surface area contributed by atoms with Crippen molar-refractivity contribution in [3.8, 4) is 0 Å². The molecular formula is C40H52N5O8-. The van der Waals surface area contributed by atoms with Crippen LogP contribution in [0.1, 0.15) is 58.4 Å². The minimum Gasteiger partial charge on any atom is -0.530 e. The third kappa shape index (κ3) is 12.0. The molecule has 5 N–H and O–H groups in total. The third-order valence-corrected chi connectivity index (χ3v) is 8.89. The smallest absolute Gasteiger partial charge is 0.408 e. The van der Waals surface area contributed by atoms with Crippen molar-refractivity contribution >= 4 is 29.1 Å². The number of hydrogen-bond acceptors (Lipinski definition) is 10. The highest BCUT2D eigenvalue weighted by Gasteiger charge is 2.37. The first kappa shape index (κ1) is 40.8. The Kier molecular flexibility index (Phi) is 14.0. The molecule has 0 aliphatic rings. The molecule has 5 atom stereocenters. The Balaban J connectivity index is 1.43. The van der Waals surface area contributed by atoms with Crippen molar-refractivity contribution in [2.45, 2.75) is 96.9 Å². The van der Waals surface area contributed by atoms with Crippen LogP contribution in [0.3, 0.4) is 0 Å². The molecule has 0 radical (unpaired) electrons. The number of nitrogens with zero attached hydrogens (tertiary/aromatic N) is 2. The minimum absolute atomic E-state index is 0.0452. The first-order valence-electron chi connectivity index (χ1n) is 17.7. The normalized spacial score (nSPS) is 14.8. The van der Waals surface area contributed by atoms with E-state index in [-0.39, 0.29) is 32.5 Å². The maximum atomic E-state index is 13.9. The van der Waals surface area contributed by atoms with Gasteiger partial charge in [-0.1, -0.05) is 81.4 Å². The van der Waals surface area contributed by atoms with Gasteiger partial charge in [-0.05, 0) is 62.3 Å². The van der Waals surface area contributed by atoms with Gasteiger partial charge in [0.1, 0.15) is 17.9 Å². The number of amides is 3. The van der Waals surface area contributed by atoms with Crippen LogP contribution in [0.25, 0.3) is 11.0 Å². The van der Waals surface area contributed by atoms with E-state index in [9.17, 15) is 29.7 Å². The lowest BCUT2D eigenvalue weighted by Crippen LogP contribution is -2.62. The minimum atomic E-state index is -1.40. The number of benzene rings is 2. The quantitative estimate of drug-likeness (QED) is 0.114. The zero-order valence-corrected chi connectivity index (χ0v) is 31.2. The molecule has 3 amide bonds. The van der Waals surface area contributed by atoms with Crippen LogP contribution in [-0.4, -0.2) is 87.2 Å². The van der Waals surface area contributed by atoms with Crippen molar-refractivity contribution in [1.29, 1.82) is 0 Å². The number of ether oxygens (including phenoxy) is 1. The highest BCUT2D eigenvalue weighted by atomic mass is 16.6. The molecule has 0 saturated heterocycles. The molecule has 13 heteroatoms. The van der Waals surface area contributed by atoms with Gasteiger partial charge in [0, 0.05) is 30.2 Å². The van der Waals surface area contributed by atoms with Gasteiger partial charge in [0.15, 0.2) is 12.2 Å². The van der Waals surface area contributed by atoms with E-state index in [1.165, 1.54) is 0 Å². The van der Waals surface area contributed by atoms with Crippen LogP contribution in [-0.2, 0) is 29.0 Å². The van der Waals surface area contributed by atoms with Crippen molar-refractivity contribution in [1.82, 2.24) is 25.8 Å². The number of aromatic nitrogens is 1. The van der Waals surface area contributed by atoms with E-state index in [1.807, 2.05) is 60.7 Å². The number of pyridine rings is 1. The standard InChI is InChI=1S/C40H53N5O8/c1-39(2,3)35(44-37(49)52-25-29-21-28-17-18-41-24-34(28)53-29)36(48)43-30(19-26-13-9-7-10-14-26)32(46)22-42-23-33(47)31(20-27-15-11-8-12-16-27)45(38(50)51)40(4,5)6/h7-18,21,24,30-33,35,42,46-47H,19-20,22-23,25H2,1-6H3,(H,43,48)(H,44,49)(H,50,51)/p-1/t30-,31-,32+,33+,35+/m0/s1. The number of furan rings is 1. The van der Waals surface area contributed by atoms with Gasteiger partial charge in [-0.2, -0.15) is 0 Å². The summed E-state index contributed by atoms with van der Waals surface area (Å²) in [6, 6.07) is 19.4. The maximum absolute atomic E-state index is 13.9. The topological polar surface area (TPSA) is 189 Å². The van der Waals surface area contributed by atoms with E-state index in [2.05, 4.69) is 20.9 Å². The van der Waals surface area contributed by atoms with Gasteiger partial charge in [-0.3, -0.25) is 9.78 Å². The predicted molar refractivity (Wildman–Crippen MR) is 198 cm³/mol. The Bertz CT molecular complexity index is 1740. The molecule has 0 fully saturated rings. The molecule has 0 unspecified atom stereocenters. The van der Waals surface area contributed by atoms with Gasteiger partial charge in [-0.25, -0.2) is 4.79 Å². The van der Waals surface area contributed by atoms with Crippen molar-refractivity contribution in [3.63, 3.8) is 0 Å². The van der Waals surface area contributed by atoms with Gasteiger partial charge in [-0.15, -0.1) is 0 Å². The van der Waals surface area contributed by atoms with E-state index in [0.717, 1.165) is 21.4 Å². The van der Waals surface area contributed by atoms with Crippen molar-refractivity contribution in [2.24, 2.45) is 5.41 Å². The summed E-state index contributed by atoms with van der Waals surface area (Å²) in [4.78, 5) is 44.3. The molecular weight excluding hydrogens is 678 g/mol. The number of aliphatic hydroxyl groups excluding tert-OH is 2. The lowest BCUT2D eigenvalue weighted by atomic mass is 9.85. The van der Waals surface area contributed by atoms with Crippen LogP contribution in [0.15, 0.2) is 89.6 Å². The lowest BCUT2D eigenvalue weighted by Gasteiger charge is -2.45. The number of fused-ring (bicyclic) bond motifs is 1. The third-order valence-electron chi connectivity index (χ3n) is 8.89. The van der Waals surface area contributed by atoms with Gasteiger partial charge >= 0.3 is 6.09 Å². The fourth-order valence-electron chi connectivity index (χ4n) is 6.22. The number of aliphatic hydroxyl groups is 2. The summed E-state index contributed by atoms with van der Waals surface area (Å²) < 4.78 is 11.1. The number of alkyl carbamates (subject to hydrolysis) is 1. The van der Waals surface area contributed by atoms with Crippen molar-refractivity contribution < 1.29 is 38.9 Å². The second-order valence-corrected chi connectivity index (χ2v) is 15.3. The molecule has 2 heterocycles. The Morgan fingerprint density at radius 3 is 2.04 bits per heavy atom. The number of hydrogen-bond donors (Lipinski definition) is 5. The van der Waals surface area contributed by atoms with Gasteiger partial charge in [0.05, 0.1) is 30.5 Å². The van der Waals surface area contributed by atoms with E-state index in [1.54, 1.807) is 66.1 Å². The Morgan fingerprint density at radius 1 is 0.868 bits per heavy atom. The van der Waals surface area contributed by atoms with Crippen molar-refractivity contribution in [2.75, 3.05) is 13.1 Å². The summed E-state index contributed by atoms with van der Waals surface area (Å²) in [6.45, 7) is 10.3. The fourth-order valence-corrected chi connectivity index (χ4v) is 6.22. The monoisotopic (exact) mass is 730 g/mol. The fraction of sp³-hybridized carbons (Fsp3) is 0.450. The number of nitrogens with one attached hydrogen (secondary N) is 3. The highest BCUT2D eigenvalue weighted by Crippen LogP contribution is 2.24. The maximum Gasteiger partial charge on any atom is 0.408 e. The zero-order chi connectivity index (χ0) is 38.8. The first-order valence-corrected chi connectivity index (χ1v) is 17.7. The molecule has 0 aliphatic heterocycles. The molecule has 286 valence electrons. The van der Waals surface area contributed by atoms with Crippen molar-refractivity contribution in [3.05, 3.63) is 102 Å². The lowest BCUT2D eigenvalue weighted by molar-refractivity contribution is -0.275. The molecule has 0 saturated carbocycles. The van der Waals surface area contributed by atoms with Crippen LogP contribution in [0.5, 0.6) is 0 Å². The highest BCUT2D eigenvalue weighted by molar-refractivity contribution is 5.86. The second kappa shape index (κ2) is 18.2. The van der Waals surface area contributed by atoms with Gasteiger partial charge in [0.2, 0.25) is 5.91 Å². The average Bonchev–Trinajstić information content (AvgIpc) is 3.52. The predicted octanol–water partition coefficient (Wildman–Crippen LogP) is 3.56. The zero-order valence-electron chi connectivity index (χ0n) is 31.2. The van der Waals surface area contributed by atoms with E-state index >= 15 is 0 Å². The summed E-state index contributed by atoms with van der Waals surface area (Å²) in [5, 5.41) is 44.7. The van der Waals surface area contributed by atoms with E-state index in [4.69, 9.17) is 9.15 Å². The molecule has 0 spiro atoms. The first-order chi connectivity index (χ1) is 25.0. The molecule has 4 aromatic rings. The van der Waals surface area contributed by atoms with Crippen LogP contribution in [0.2, 0.25) is 0 Å². The summed E-state index contributed by atoms with van der Waals surface area (Å²) in [5.41, 5.74) is 0.650. The van der Waals surface area contributed by atoms with E-state index < -0.39 is 59.4 Å². The number of carboxylic acid groups (broad SMARTS) is 1. The summed E-state index contributed by atoms with van der Waals surface area (Å²) in [7, 11) is 0. The molecule has 4 rings (SSSR count). The molecule has 2 aromatic heterocycles. The average molecular weight is 731 g/mol. The van der Waals surface area contributed by atoms with Crippen LogP contribution in [0.4, 0.5) is 9.59 Å². The van der Waals surface area contributed by atoms with Gasteiger partial charge in [0.25, 0.3) is 0 Å². The number of carbonyl (C=O) groups excluding carboxylic acids is 3. The summed E-state index contributed by atoms with van der Waals surface area (Å²) in [6.07, 6.45) is -0.832. The van der Waals surface area contributed by atoms with E-state index in [0.29, 0.717) is 11.3 Å². The number of rotatable bonds is 16. The second-order valence-electron chi connectivity index (χ2n) is 15.3. The molecule has 0 bridgehead atoms.